The summed E-state index contributed by atoms with van der Waals surface area (Å²) in [6, 6.07) is 7.24. The molecule has 1 aromatic rings. The van der Waals surface area contributed by atoms with Crippen molar-refractivity contribution < 1.29 is 19.4 Å². The summed E-state index contributed by atoms with van der Waals surface area (Å²) in [5.74, 6) is -0.623. The number of carbonyl (C=O) groups excluding carboxylic acids is 2. The maximum Gasteiger partial charge on any atom is 0.337 e. The van der Waals surface area contributed by atoms with Gasteiger partial charge in [0, 0.05) is 31.9 Å². The molecule has 1 atom stereocenters. The summed E-state index contributed by atoms with van der Waals surface area (Å²) in [6.07, 6.45) is -0.930. The number of amides is 1. The molecular formula is C17H24N2O4. The van der Waals surface area contributed by atoms with Crippen LogP contribution in [0.5, 0.6) is 0 Å². The van der Waals surface area contributed by atoms with Crippen LogP contribution in [0.2, 0.25) is 0 Å². The molecule has 0 saturated carbocycles. The van der Waals surface area contributed by atoms with Crippen molar-refractivity contribution in [2.75, 3.05) is 38.2 Å². The Morgan fingerprint density at radius 1 is 1.09 bits per heavy atom. The minimum Gasteiger partial charge on any atom is -0.465 e. The van der Waals surface area contributed by atoms with Crippen molar-refractivity contribution in [3.05, 3.63) is 29.8 Å². The second-order valence-corrected chi connectivity index (χ2v) is 6.04. The first kappa shape index (κ1) is 17.3. The molecule has 1 amide bonds. The van der Waals surface area contributed by atoms with Crippen molar-refractivity contribution in [3.63, 3.8) is 0 Å². The van der Waals surface area contributed by atoms with Crippen LogP contribution in [0, 0.1) is 5.92 Å². The van der Waals surface area contributed by atoms with Gasteiger partial charge in [0.25, 0.3) is 5.91 Å². The van der Waals surface area contributed by atoms with E-state index in [1.54, 1.807) is 17.0 Å². The van der Waals surface area contributed by atoms with Crippen molar-refractivity contribution >= 4 is 17.6 Å². The summed E-state index contributed by atoms with van der Waals surface area (Å²) in [6.45, 7) is 6.24. The number of aliphatic hydroxyl groups is 1. The van der Waals surface area contributed by atoms with Gasteiger partial charge in [-0.2, -0.15) is 0 Å². The van der Waals surface area contributed by atoms with Crippen molar-refractivity contribution in [1.29, 1.82) is 0 Å². The Bertz CT molecular complexity index is 548. The summed E-state index contributed by atoms with van der Waals surface area (Å²) >= 11 is 0. The molecule has 23 heavy (non-hydrogen) atoms. The SMILES string of the molecule is COC(=O)c1ccc(N2CCN(C(=O)C(O)C(C)C)CC2)cc1. The minimum atomic E-state index is -0.930. The number of hydrogen-bond acceptors (Lipinski definition) is 5. The van der Waals surface area contributed by atoms with E-state index >= 15 is 0 Å². The van der Waals surface area contributed by atoms with E-state index in [-0.39, 0.29) is 17.8 Å². The van der Waals surface area contributed by atoms with E-state index in [4.69, 9.17) is 0 Å². The van der Waals surface area contributed by atoms with Gasteiger partial charge in [-0.3, -0.25) is 4.79 Å². The van der Waals surface area contributed by atoms with Crippen LogP contribution in [0.3, 0.4) is 0 Å². The fraction of sp³-hybridized carbons (Fsp3) is 0.529. The number of hydrogen-bond donors (Lipinski definition) is 1. The van der Waals surface area contributed by atoms with Gasteiger partial charge in [-0.05, 0) is 30.2 Å². The van der Waals surface area contributed by atoms with E-state index in [9.17, 15) is 14.7 Å². The summed E-state index contributed by atoms with van der Waals surface area (Å²) in [5, 5.41) is 9.89. The molecule has 0 radical (unpaired) electrons. The van der Waals surface area contributed by atoms with Crippen LogP contribution in [-0.4, -0.2) is 61.3 Å². The second kappa shape index (κ2) is 7.46. The van der Waals surface area contributed by atoms with Crippen LogP contribution in [0.4, 0.5) is 5.69 Å². The third kappa shape index (κ3) is 4.01. The summed E-state index contributed by atoms with van der Waals surface area (Å²) in [4.78, 5) is 27.4. The molecule has 1 saturated heterocycles. The molecule has 1 unspecified atom stereocenters. The maximum atomic E-state index is 12.1. The predicted molar refractivity (Wildman–Crippen MR) is 87.4 cm³/mol. The van der Waals surface area contributed by atoms with Crippen molar-refractivity contribution in [3.8, 4) is 0 Å². The zero-order chi connectivity index (χ0) is 17.0. The van der Waals surface area contributed by atoms with E-state index in [0.29, 0.717) is 31.7 Å². The highest BCUT2D eigenvalue weighted by atomic mass is 16.5. The smallest absolute Gasteiger partial charge is 0.337 e. The van der Waals surface area contributed by atoms with Crippen molar-refractivity contribution in [2.24, 2.45) is 5.92 Å². The molecule has 0 bridgehead atoms. The second-order valence-electron chi connectivity index (χ2n) is 6.04. The Kier molecular flexibility index (Phi) is 5.60. The van der Waals surface area contributed by atoms with Crippen LogP contribution in [-0.2, 0) is 9.53 Å². The van der Waals surface area contributed by atoms with Gasteiger partial charge >= 0.3 is 5.97 Å². The molecule has 0 spiro atoms. The lowest BCUT2D eigenvalue weighted by Crippen LogP contribution is -2.52. The predicted octanol–water partition coefficient (Wildman–Crippen LogP) is 1.14. The molecule has 0 aromatic heterocycles. The van der Waals surface area contributed by atoms with Crippen LogP contribution in [0.25, 0.3) is 0 Å². The Balaban J connectivity index is 1.94. The molecular weight excluding hydrogens is 296 g/mol. The molecule has 6 heteroatoms. The Hall–Kier alpha value is -2.08. The van der Waals surface area contributed by atoms with Crippen molar-refractivity contribution in [1.82, 2.24) is 4.90 Å². The van der Waals surface area contributed by atoms with Gasteiger partial charge in [-0.15, -0.1) is 0 Å². The Labute approximate surface area is 136 Å². The quantitative estimate of drug-likeness (QED) is 0.843. The van der Waals surface area contributed by atoms with Gasteiger partial charge in [0.1, 0.15) is 6.10 Å². The first-order chi connectivity index (χ1) is 10.9. The fourth-order valence-corrected chi connectivity index (χ4v) is 2.58. The average Bonchev–Trinajstić information content (AvgIpc) is 2.60. The lowest BCUT2D eigenvalue weighted by atomic mass is 10.1. The average molecular weight is 320 g/mol. The highest BCUT2D eigenvalue weighted by molar-refractivity contribution is 5.89. The highest BCUT2D eigenvalue weighted by Gasteiger charge is 2.27. The molecule has 1 fully saturated rings. The molecule has 1 aromatic carbocycles. The number of anilines is 1. The lowest BCUT2D eigenvalue weighted by molar-refractivity contribution is -0.142. The number of ether oxygens (including phenoxy) is 1. The molecule has 126 valence electrons. The maximum absolute atomic E-state index is 12.1. The molecule has 1 aliphatic heterocycles. The fourth-order valence-electron chi connectivity index (χ4n) is 2.58. The van der Waals surface area contributed by atoms with Gasteiger partial charge < -0.3 is 19.6 Å². The minimum absolute atomic E-state index is 0.0774. The van der Waals surface area contributed by atoms with Gasteiger partial charge in [-0.1, -0.05) is 13.8 Å². The molecule has 2 rings (SSSR count). The summed E-state index contributed by atoms with van der Waals surface area (Å²) in [7, 11) is 1.36. The number of benzene rings is 1. The standard InChI is InChI=1S/C17H24N2O4/c1-12(2)15(20)16(21)19-10-8-18(9-11-19)14-6-4-13(5-7-14)17(22)23-3/h4-7,12,15,20H,8-11H2,1-3H3. The molecule has 1 aliphatic rings. The number of rotatable bonds is 4. The third-order valence-corrected chi connectivity index (χ3v) is 4.13. The lowest BCUT2D eigenvalue weighted by Gasteiger charge is -2.37. The van der Waals surface area contributed by atoms with Gasteiger partial charge in [-0.25, -0.2) is 4.79 Å². The highest BCUT2D eigenvalue weighted by Crippen LogP contribution is 2.18. The van der Waals surface area contributed by atoms with E-state index in [0.717, 1.165) is 5.69 Å². The first-order valence-corrected chi connectivity index (χ1v) is 7.84. The number of carbonyl (C=O) groups is 2. The zero-order valence-corrected chi connectivity index (χ0v) is 13.9. The largest absolute Gasteiger partial charge is 0.465 e. The topological polar surface area (TPSA) is 70.1 Å². The van der Waals surface area contributed by atoms with Gasteiger partial charge in [0.2, 0.25) is 0 Å². The molecule has 1 heterocycles. The van der Waals surface area contributed by atoms with E-state index in [1.807, 2.05) is 26.0 Å². The molecule has 1 N–H and O–H groups in total. The Morgan fingerprint density at radius 3 is 2.13 bits per heavy atom. The van der Waals surface area contributed by atoms with Crippen molar-refractivity contribution in [2.45, 2.75) is 20.0 Å². The molecule has 6 nitrogen and oxygen atoms in total. The summed E-state index contributed by atoms with van der Waals surface area (Å²) in [5.41, 5.74) is 1.53. The number of nitrogens with zero attached hydrogens (tertiary/aromatic N) is 2. The third-order valence-electron chi connectivity index (χ3n) is 4.13. The number of aliphatic hydroxyl groups excluding tert-OH is 1. The normalized spacial score (nSPS) is 16.4. The molecule has 0 aliphatic carbocycles. The number of esters is 1. The first-order valence-electron chi connectivity index (χ1n) is 7.84. The van der Waals surface area contributed by atoms with E-state index < -0.39 is 6.10 Å². The van der Waals surface area contributed by atoms with Crippen LogP contribution in [0.15, 0.2) is 24.3 Å². The summed E-state index contributed by atoms with van der Waals surface area (Å²) < 4.78 is 4.68. The van der Waals surface area contributed by atoms with Crippen LogP contribution in [0.1, 0.15) is 24.2 Å². The Morgan fingerprint density at radius 2 is 1.65 bits per heavy atom. The zero-order valence-electron chi connectivity index (χ0n) is 13.9. The van der Waals surface area contributed by atoms with Gasteiger partial charge in [0.05, 0.1) is 12.7 Å². The van der Waals surface area contributed by atoms with Crippen LogP contribution < -0.4 is 4.90 Å². The monoisotopic (exact) mass is 320 g/mol. The van der Waals surface area contributed by atoms with E-state index in [1.165, 1.54) is 7.11 Å². The number of piperazine rings is 1. The number of methoxy groups -OCH3 is 1. The van der Waals surface area contributed by atoms with E-state index in [2.05, 4.69) is 9.64 Å². The van der Waals surface area contributed by atoms with Crippen LogP contribution >= 0.6 is 0 Å². The van der Waals surface area contributed by atoms with Gasteiger partial charge in [0.15, 0.2) is 0 Å².